The zero-order valence-corrected chi connectivity index (χ0v) is 21.0. The van der Waals surface area contributed by atoms with E-state index in [4.69, 9.17) is 9.47 Å². The van der Waals surface area contributed by atoms with Crippen molar-refractivity contribution < 1.29 is 14.3 Å². The van der Waals surface area contributed by atoms with E-state index in [0.29, 0.717) is 24.4 Å². The van der Waals surface area contributed by atoms with Crippen molar-refractivity contribution >= 4 is 5.91 Å². The average molecular weight is 482 g/mol. The molecule has 0 fully saturated rings. The van der Waals surface area contributed by atoms with Gasteiger partial charge in [-0.05, 0) is 50.3 Å². The lowest BCUT2D eigenvalue weighted by Crippen LogP contribution is -2.36. The summed E-state index contributed by atoms with van der Waals surface area (Å²) >= 11 is 0. The van der Waals surface area contributed by atoms with Crippen LogP contribution in [-0.4, -0.2) is 54.3 Å². The molecule has 0 bridgehead atoms. The number of carbonyl (C=O) groups excluding carboxylic acids is 1. The Morgan fingerprint density at radius 1 is 0.861 bits per heavy atom. The summed E-state index contributed by atoms with van der Waals surface area (Å²) in [4.78, 5) is 18.1. The molecule has 0 saturated heterocycles. The van der Waals surface area contributed by atoms with Crippen molar-refractivity contribution in [2.24, 2.45) is 0 Å². The number of aromatic nitrogens is 1. The van der Waals surface area contributed by atoms with Gasteiger partial charge in [0.1, 0.15) is 0 Å². The van der Waals surface area contributed by atoms with Crippen LogP contribution in [0.4, 0.5) is 0 Å². The SMILES string of the molecule is Cc1c(C(=O)N(CCN(C)C)Cc2ccccc2)cc(-c2ccccc2)n1-c1ccc2c(c1)OCO2. The van der Waals surface area contributed by atoms with E-state index >= 15 is 0 Å². The van der Waals surface area contributed by atoms with Crippen LogP contribution in [-0.2, 0) is 6.54 Å². The van der Waals surface area contributed by atoms with Gasteiger partial charge in [-0.3, -0.25) is 4.79 Å². The van der Waals surface area contributed by atoms with Gasteiger partial charge in [-0.15, -0.1) is 0 Å². The van der Waals surface area contributed by atoms with Crippen LogP contribution in [0.5, 0.6) is 11.5 Å². The normalized spacial score (nSPS) is 12.2. The third kappa shape index (κ3) is 4.86. The van der Waals surface area contributed by atoms with Gasteiger partial charge < -0.3 is 23.8 Å². The number of amides is 1. The molecule has 0 spiro atoms. The van der Waals surface area contributed by atoms with Gasteiger partial charge >= 0.3 is 0 Å². The minimum Gasteiger partial charge on any atom is -0.454 e. The maximum Gasteiger partial charge on any atom is 0.256 e. The molecule has 1 aliphatic heterocycles. The third-order valence-electron chi connectivity index (χ3n) is 6.48. The highest BCUT2D eigenvalue weighted by Crippen LogP contribution is 2.37. The Kier molecular flexibility index (Phi) is 6.78. The van der Waals surface area contributed by atoms with Crippen LogP contribution in [0.1, 0.15) is 21.6 Å². The van der Waals surface area contributed by atoms with Crippen LogP contribution < -0.4 is 9.47 Å². The van der Waals surface area contributed by atoms with E-state index in [0.717, 1.165) is 40.5 Å². The van der Waals surface area contributed by atoms with Gasteiger partial charge in [0.2, 0.25) is 6.79 Å². The van der Waals surface area contributed by atoms with Gasteiger partial charge in [0.05, 0.1) is 11.3 Å². The molecule has 36 heavy (non-hydrogen) atoms. The average Bonchev–Trinajstić information content (AvgIpc) is 3.51. The van der Waals surface area contributed by atoms with E-state index in [1.807, 2.05) is 86.6 Å². The molecule has 184 valence electrons. The van der Waals surface area contributed by atoms with Crippen molar-refractivity contribution in [2.75, 3.05) is 34.0 Å². The molecule has 1 aromatic heterocycles. The molecule has 0 radical (unpaired) electrons. The van der Waals surface area contributed by atoms with Gasteiger partial charge in [0, 0.05) is 37.1 Å². The summed E-state index contributed by atoms with van der Waals surface area (Å²) in [5.41, 5.74) is 5.63. The second kappa shape index (κ2) is 10.3. The highest BCUT2D eigenvalue weighted by Gasteiger charge is 2.25. The van der Waals surface area contributed by atoms with E-state index in [1.54, 1.807) is 0 Å². The molecule has 0 saturated carbocycles. The number of ether oxygens (including phenoxy) is 2. The maximum absolute atomic E-state index is 14.0. The number of likely N-dealkylation sites (N-methyl/N-ethyl adjacent to an activating group) is 1. The third-order valence-corrected chi connectivity index (χ3v) is 6.48. The van der Waals surface area contributed by atoms with Crippen LogP contribution in [0.3, 0.4) is 0 Å². The molecular weight excluding hydrogens is 450 g/mol. The van der Waals surface area contributed by atoms with Crippen molar-refractivity contribution in [3.8, 4) is 28.4 Å². The summed E-state index contributed by atoms with van der Waals surface area (Å²) in [5, 5.41) is 0. The summed E-state index contributed by atoms with van der Waals surface area (Å²) in [6.07, 6.45) is 0. The fraction of sp³-hybridized carbons (Fsp3) is 0.233. The first-order valence-corrected chi connectivity index (χ1v) is 12.2. The van der Waals surface area contributed by atoms with Gasteiger partial charge in [-0.2, -0.15) is 0 Å². The molecule has 1 aliphatic rings. The highest BCUT2D eigenvalue weighted by molar-refractivity contribution is 5.97. The lowest BCUT2D eigenvalue weighted by atomic mass is 10.1. The van der Waals surface area contributed by atoms with E-state index in [-0.39, 0.29) is 12.7 Å². The number of hydrogen-bond acceptors (Lipinski definition) is 4. The molecule has 1 amide bonds. The highest BCUT2D eigenvalue weighted by atomic mass is 16.7. The number of nitrogens with zero attached hydrogens (tertiary/aromatic N) is 3. The van der Waals surface area contributed by atoms with Crippen molar-refractivity contribution in [3.63, 3.8) is 0 Å². The van der Waals surface area contributed by atoms with E-state index in [9.17, 15) is 4.79 Å². The Hall–Kier alpha value is -4.03. The molecule has 6 nitrogen and oxygen atoms in total. The Balaban J connectivity index is 1.58. The van der Waals surface area contributed by atoms with Crippen molar-refractivity contribution in [1.29, 1.82) is 0 Å². The van der Waals surface area contributed by atoms with Gasteiger partial charge in [0.15, 0.2) is 11.5 Å². The zero-order valence-electron chi connectivity index (χ0n) is 21.0. The molecule has 0 unspecified atom stereocenters. The number of hydrogen-bond donors (Lipinski definition) is 0. The van der Waals surface area contributed by atoms with E-state index < -0.39 is 0 Å². The molecule has 0 N–H and O–H groups in total. The molecule has 4 aromatic rings. The Labute approximate surface area is 212 Å². The van der Waals surface area contributed by atoms with Crippen molar-refractivity contribution in [2.45, 2.75) is 13.5 Å². The summed E-state index contributed by atoms with van der Waals surface area (Å²) in [7, 11) is 4.06. The monoisotopic (exact) mass is 481 g/mol. The number of rotatable bonds is 8. The lowest BCUT2D eigenvalue weighted by Gasteiger charge is -2.25. The second-order valence-corrected chi connectivity index (χ2v) is 9.28. The number of fused-ring (bicyclic) bond motifs is 1. The number of benzene rings is 3. The van der Waals surface area contributed by atoms with Crippen molar-refractivity contribution in [3.05, 3.63) is 102 Å². The van der Waals surface area contributed by atoms with Gasteiger partial charge in [-0.1, -0.05) is 60.7 Å². The molecule has 2 heterocycles. The van der Waals surface area contributed by atoms with Crippen LogP contribution >= 0.6 is 0 Å². The largest absolute Gasteiger partial charge is 0.454 e. The van der Waals surface area contributed by atoms with Crippen molar-refractivity contribution in [1.82, 2.24) is 14.4 Å². The maximum atomic E-state index is 14.0. The van der Waals surface area contributed by atoms with Crippen LogP contribution in [0.2, 0.25) is 0 Å². The Morgan fingerprint density at radius 3 is 2.28 bits per heavy atom. The quantitative estimate of drug-likeness (QED) is 0.339. The first-order chi connectivity index (χ1) is 17.5. The fourth-order valence-electron chi connectivity index (χ4n) is 4.55. The summed E-state index contributed by atoms with van der Waals surface area (Å²) < 4.78 is 13.3. The zero-order chi connectivity index (χ0) is 25.1. The molecule has 5 rings (SSSR count). The van der Waals surface area contributed by atoms with E-state index in [1.165, 1.54) is 0 Å². The summed E-state index contributed by atoms with van der Waals surface area (Å²) in [6, 6.07) is 28.3. The van der Waals surface area contributed by atoms with Crippen LogP contribution in [0, 0.1) is 6.92 Å². The standard InChI is InChI=1S/C30H31N3O3/c1-22-26(30(34)32(17-16-31(2)3)20-23-10-6-4-7-11-23)19-27(24-12-8-5-9-13-24)33(22)25-14-15-28-29(18-25)36-21-35-28/h4-15,18-19H,16-17,20-21H2,1-3H3. The fourth-order valence-corrected chi connectivity index (χ4v) is 4.55. The smallest absolute Gasteiger partial charge is 0.256 e. The van der Waals surface area contributed by atoms with Crippen LogP contribution in [0.25, 0.3) is 16.9 Å². The summed E-state index contributed by atoms with van der Waals surface area (Å²) in [6.45, 7) is 4.21. The molecule has 6 heteroatoms. The minimum atomic E-state index is 0.0230. The summed E-state index contributed by atoms with van der Waals surface area (Å²) in [5.74, 6) is 1.47. The molecule has 0 atom stereocenters. The predicted molar refractivity (Wildman–Crippen MR) is 142 cm³/mol. The lowest BCUT2D eigenvalue weighted by molar-refractivity contribution is 0.0731. The van der Waals surface area contributed by atoms with Crippen LogP contribution in [0.15, 0.2) is 84.9 Å². The second-order valence-electron chi connectivity index (χ2n) is 9.28. The first-order valence-electron chi connectivity index (χ1n) is 12.2. The van der Waals surface area contributed by atoms with Gasteiger partial charge in [0.25, 0.3) is 5.91 Å². The predicted octanol–water partition coefficient (Wildman–Crippen LogP) is 5.39. The Morgan fingerprint density at radius 2 is 1.56 bits per heavy atom. The molecule has 3 aromatic carbocycles. The topological polar surface area (TPSA) is 46.9 Å². The molecular formula is C30H31N3O3. The Bertz CT molecular complexity index is 1350. The van der Waals surface area contributed by atoms with Gasteiger partial charge in [-0.25, -0.2) is 0 Å². The number of carbonyl (C=O) groups is 1. The minimum absolute atomic E-state index is 0.0230. The van der Waals surface area contributed by atoms with E-state index in [2.05, 4.69) is 33.7 Å². The molecule has 0 aliphatic carbocycles. The first kappa shape index (κ1) is 23.7.